The second kappa shape index (κ2) is 11.4. The summed E-state index contributed by atoms with van der Waals surface area (Å²) >= 11 is 0. The van der Waals surface area contributed by atoms with Gasteiger partial charge in [0.1, 0.15) is 0 Å². The van der Waals surface area contributed by atoms with Crippen LogP contribution in [-0.4, -0.2) is 55.5 Å². The number of hydrogen-bond donors (Lipinski definition) is 5. The number of rotatable bonds is 4. The van der Waals surface area contributed by atoms with E-state index in [9.17, 15) is 9.59 Å². The number of imidazole rings is 1. The maximum Gasteiger partial charge on any atom is 0.303 e. The summed E-state index contributed by atoms with van der Waals surface area (Å²) in [5.41, 5.74) is 2.12. The van der Waals surface area contributed by atoms with Gasteiger partial charge >= 0.3 is 11.9 Å². The van der Waals surface area contributed by atoms with Crippen LogP contribution in [0.1, 0.15) is 12.8 Å². The van der Waals surface area contributed by atoms with Gasteiger partial charge in [-0.25, -0.2) is 4.98 Å². The fourth-order valence-electron chi connectivity index (χ4n) is 1.09. The smallest absolute Gasteiger partial charge is 0.303 e. The predicted octanol–water partition coefficient (Wildman–Crippen LogP) is 0.470. The zero-order chi connectivity index (χ0) is 16.1. The third-order valence-corrected chi connectivity index (χ3v) is 1.98. The molecule has 0 spiro atoms. The van der Waals surface area contributed by atoms with Gasteiger partial charge in [0.2, 0.25) is 0 Å². The van der Waals surface area contributed by atoms with Gasteiger partial charge in [0, 0.05) is 0 Å². The third kappa shape index (κ3) is 10.0. The lowest BCUT2D eigenvalue weighted by Gasteiger charge is -1.85. The molecule has 0 saturated heterocycles. The molecular formula is C13H18N2O6. The van der Waals surface area contributed by atoms with Crippen molar-refractivity contribution >= 4 is 23.0 Å². The molecule has 8 nitrogen and oxygen atoms in total. The number of benzene rings is 1. The number of aliphatic hydroxyl groups is 2. The summed E-state index contributed by atoms with van der Waals surface area (Å²) in [6.07, 6.45) is 1.11. The molecule has 0 aliphatic rings. The Hall–Kier alpha value is -2.45. The molecule has 5 N–H and O–H groups in total. The van der Waals surface area contributed by atoms with Crippen LogP contribution in [0.5, 0.6) is 0 Å². The van der Waals surface area contributed by atoms with Gasteiger partial charge in [0.15, 0.2) is 0 Å². The number of nitrogens with zero attached hydrogens (tertiary/aromatic N) is 1. The van der Waals surface area contributed by atoms with E-state index >= 15 is 0 Å². The summed E-state index contributed by atoms with van der Waals surface area (Å²) in [7, 11) is 0. The molecule has 1 aromatic heterocycles. The van der Waals surface area contributed by atoms with Gasteiger partial charge in [-0.15, -0.1) is 0 Å². The molecule has 0 radical (unpaired) electrons. The summed E-state index contributed by atoms with van der Waals surface area (Å²) in [5, 5.41) is 31.0. The van der Waals surface area contributed by atoms with E-state index in [1.54, 1.807) is 6.33 Å². The number of aliphatic hydroxyl groups excluding tert-OH is 2. The van der Waals surface area contributed by atoms with E-state index in [0.717, 1.165) is 11.0 Å². The highest BCUT2D eigenvalue weighted by molar-refractivity contribution is 5.75. The lowest BCUT2D eigenvalue weighted by molar-refractivity contribution is -0.143. The van der Waals surface area contributed by atoms with Crippen LogP contribution in [0.15, 0.2) is 30.6 Å². The van der Waals surface area contributed by atoms with Crippen LogP contribution in [0.4, 0.5) is 0 Å². The van der Waals surface area contributed by atoms with Gasteiger partial charge in [-0.05, 0) is 12.1 Å². The van der Waals surface area contributed by atoms with Crippen molar-refractivity contribution in [3.05, 3.63) is 30.6 Å². The highest BCUT2D eigenvalue weighted by Gasteiger charge is 2.00. The average Bonchev–Trinajstić information content (AvgIpc) is 2.94. The summed E-state index contributed by atoms with van der Waals surface area (Å²) in [6.45, 7) is -0.250. The van der Waals surface area contributed by atoms with Crippen LogP contribution in [0.2, 0.25) is 0 Å². The molecule has 2 aromatic rings. The van der Waals surface area contributed by atoms with Crippen LogP contribution < -0.4 is 0 Å². The highest BCUT2D eigenvalue weighted by Crippen LogP contribution is 2.05. The van der Waals surface area contributed by atoms with Crippen molar-refractivity contribution in [3.8, 4) is 0 Å². The second-order valence-corrected chi connectivity index (χ2v) is 3.65. The van der Waals surface area contributed by atoms with Crippen LogP contribution >= 0.6 is 0 Å². The SMILES string of the molecule is O=C(O)CCC(=O)O.OCCO.c1ccc2[nH]cnc2c1. The molecule has 1 heterocycles. The van der Waals surface area contributed by atoms with Crippen LogP contribution in [0.25, 0.3) is 11.0 Å². The quantitative estimate of drug-likeness (QED) is 0.551. The Morgan fingerprint density at radius 1 is 1.00 bits per heavy atom. The molecule has 0 saturated carbocycles. The van der Waals surface area contributed by atoms with Crippen molar-refractivity contribution in [2.24, 2.45) is 0 Å². The molecule has 0 aliphatic heterocycles. The van der Waals surface area contributed by atoms with E-state index in [1.165, 1.54) is 0 Å². The molecule has 2 rings (SSSR count). The summed E-state index contributed by atoms with van der Waals surface area (Å²) < 4.78 is 0. The van der Waals surface area contributed by atoms with Gasteiger partial charge in [0.25, 0.3) is 0 Å². The van der Waals surface area contributed by atoms with Crippen LogP contribution in [0.3, 0.4) is 0 Å². The largest absolute Gasteiger partial charge is 0.481 e. The molecule has 0 amide bonds. The number of aliphatic carboxylic acids is 2. The van der Waals surface area contributed by atoms with E-state index in [2.05, 4.69) is 9.97 Å². The van der Waals surface area contributed by atoms with Gasteiger partial charge < -0.3 is 25.4 Å². The number of aromatic amines is 1. The van der Waals surface area contributed by atoms with Crippen LogP contribution in [-0.2, 0) is 9.59 Å². The van der Waals surface area contributed by atoms with Crippen LogP contribution in [0, 0.1) is 0 Å². The number of carbonyl (C=O) groups is 2. The lowest BCUT2D eigenvalue weighted by Crippen LogP contribution is -2.00. The molecular weight excluding hydrogens is 280 g/mol. The van der Waals surface area contributed by atoms with Gasteiger partial charge in [-0.2, -0.15) is 0 Å². The zero-order valence-electron chi connectivity index (χ0n) is 11.3. The number of hydrogen-bond acceptors (Lipinski definition) is 5. The van der Waals surface area contributed by atoms with Gasteiger partial charge in [-0.3, -0.25) is 9.59 Å². The minimum atomic E-state index is -1.08. The van der Waals surface area contributed by atoms with Gasteiger partial charge in [0.05, 0.1) is 43.4 Å². The van der Waals surface area contributed by atoms with E-state index in [0.29, 0.717) is 0 Å². The molecule has 21 heavy (non-hydrogen) atoms. The number of nitrogens with one attached hydrogen (secondary N) is 1. The van der Waals surface area contributed by atoms with Crippen molar-refractivity contribution in [2.45, 2.75) is 12.8 Å². The average molecular weight is 298 g/mol. The van der Waals surface area contributed by atoms with Gasteiger partial charge in [-0.1, -0.05) is 12.1 Å². The van der Waals surface area contributed by atoms with E-state index in [-0.39, 0.29) is 26.1 Å². The maximum atomic E-state index is 9.64. The number of aromatic nitrogens is 2. The molecule has 1 aromatic carbocycles. The van der Waals surface area contributed by atoms with Crippen molar-refractivity contribution in [3.63, 3.8) is 0 Å². The molecule has 0 fully saturated rings. The fourth-order valence-corrected chi connectivity index (χ4v) is 1.09. The molecule has 0 atom stereocenters. The number of para-hydroxylation sites is 2. The predicted molar refractivity (Wildman–Crippen MR) is 74.8 cm³/mol. The molecule has 116 valence electrons. The van der Waals surface area contributed by atoms with Crippen molar-refractivity contribution in [2.75, 3.05) is 13.2 Å². The minimum absolute atomic E-state index is 0.125. The normalized spacial score (nSPS) is 9.05. The number of carboxylic acid groups (broad SMARTS) is 2. The Bertz CT molecular complexity index is 494. The zero-order valence-corrected chi connectivity index (χ0v) is 11.3. The third-order valence-electron chi connectivity index (χ3n) is 1.98. The monoisotopic (exact) mass is 298 g/mol. The van der Waals surface area contributed by atoms with E-state index < -0.39 is 11.9 Å². The Balaban J connectivity index is 0.000000310. The molecule has 0 aliphatic carbocycles. The number of H-pyrrole nitrogens is 1. The van der Waals surface area contributed by atoms with Crippen molar-refractivity contribution < 1.29 is 30.0 Å². The Kier molecular flexibility index (Phi) is 10.1. The number of carboxylic acids is 2. The summed E-state index contributed by atoms with van der Waals surface area (Å²) in [6, 6.07) is 7.94. The number of fused-ring (bicyclic) bond motifs is 1. The Morgan fingerprint density at radius 3 is 1.95 bits per heavy atom. The van der Waals surface area contributed by atoms with E-state index in [4.69, 9.17) is 20.4 Å². The van der Waals surface area contributed by atoms with Crippen molar-refractivity contribution in [1.82, 2.24) is 9.97 Å². The second-order valence-electron chi connectivity index (χ2n) is 3.65. The fraction of sp³-hybridized carbons (Fsp3) is 0.308. The molecule has 8 heteroatoms. The first-order chi connectivity index (χ1) is 10.0. The Labute approximate surface area is 120 Å². The summed E-state index contributed by atoms with van der Waals surface area (Å²) in [4.78, 5) is 26.4. The first-order valence-electron chi connectivity index (χ1n) is 6.04. The standard InChI is InChI=1S/C7H6N2.C4H6O4.C2H6O2/c1-2-4-7-6(3-1)8-5-9-7;5-3(6)1-2-4(7)8;3-1-2-4/h1-5H,(H,8,9);1-2H2,(H,5,6)(H,7,8);3-4H,1-2H2. The highest BCUT2D eigenvalue weighted by atomic mass is 16.4. The molecule has 0 bridgehead atoms. The first kappa shape index (κ1) is 18.6. The topological polar surface area (TPSA) is 144 Å². The lowest BCUT2D eigenvalue weighted by atomic mass is 10.3. The Morgan fingerprint density at radius 2 is 1.52 bits per heavy atom. The minimum Gasteiger partial charge on any atom is -0.481 e. The maximum absolute atomic E-state index is 9.64. The summed E-state index contributed by atoms with van der Waals surface area (Å²) in [5.74, 6) is -2.15. The molecule has 0 unspecified atom stereocenters. The van der Waals surface area contributed by atoms with E-state index in [1.807, 2.05) is 24.3 Å². The first-order valence-corrected chi connectivity index (χ1v) is 6.04. The van der Waals surface area contributed by atoms with Crippen molar-refractivity contribution in [1.29, 1.82) is 0 Å².